The second-order valence-electron chi connectivity index (χ2n) is 5.41. The van der Waals surface area contributed by atoms with Crippen molar-refractivity contribution in [2.45, 2.75) is 23.5 Å². The van der Waals surface area contributed by atoms with E-state index < -0.39 is 32.0 Å². The number of fused-ring (bicyclic) bond motifs is 1. The number of benzene rings is 1. The molecule has 3 rings (SSSR count). The molecule has 0 aliphatic carbocycles. The Labute approximate surface area is 151 Å². The highest BCUT2D eigenvalue weighted by Gasteiger charge is 2.31. The SMILES string of the molecule is O=C(Nc1nc2c(s1)C(=O)NCCC2)c1ccccc1S(=O)(=O)C(F)F. The molecule has 1 aliphatic heterocycles. The zero-order valence-electron chi connectivity index (χ0n) is 13.2. The fourth-order valence-electron chi connectivity index (χ4n) is 2.45. The third-order valence-electron chi connectivity index (χ3n) is 3.67. The summed E-state index contributed by atoms with van der Waals surface area (Å²) >= 11 is 0.947. The van der Waals surface area contributed by atoms with Gasteiger partial charge in [0.05, 0.1) is 16.2 Å². The van der Waals surface area contributed by atoms with Gasteiger partial charge >= 0.3 is 5.76 Å². The van der Waals surface area contributed by atoms with Crippen LogP contribution in [-0.4, -0.2) is 37.5 Å². The summed E-state index contributed by atoms with van der Waals surface area (Å²) in [7, 11) is -4.94. The number of rotatable bonds is 4. The molecule has 1 aromatic heterocycles. The highest BCUT2D eigenvalue weighted by Crippen LogP contribution is 2.27. The summed E-state index contributed by atoms with van der Waals surface area (Å²) in [6, 6.07) is 4.70. The number of alkyl halides is 2. The van der Waals surface area contributed by atoms with E-state index in [0.717, 1.165) is 23.5 Å². The number of amides is 2. The zero-order chi connectivity index (χ0) is 18.9. The van der Waals surface area contributed by atoms with Gasteiger partial charge in [0, 0.05) is 6.54 Å². The zero-order valence-corrected chi connectivity index (χ0v) is 14.8. The molecule has 0 saturated heterocycles. The van der Waals surface area contributed by atoms with Gasteiger partial charge in [0.25, 0.3) is 11.8 Å². The number of halogens is 2. The van der Waals surface area contributed by atoms with Crippen LogP contribution in [0.15, 0.2) is 29.2 Å². The summed E-state index contributed by atoms with van der Waals surface area (Å²) < 4.78 is 49.2. The summed E-state index contributed by atoms with van der Waals surface area (Å²) in [6.45, 7) is 0.530. The number of hydrogen-bond donors (Lipinski definition) is 2. The minimum Gasteiger partial charge on any atom is -0.351 e. The van der Waals surface area contributed by atoms with Gasteiger partial charge in [-0.25, -0.2) is 13.4 Å². The second-order valence-corrected chi connectivity index (χ2v) is 8.30. The maximum absolute atomic E-state index is 12.8. The Bertz CT molecular complexity index is 973. The first kappa shape index (κ1) is 18.4. The lowest BCUT2D eigenvalue weighted by Gasteiger charge is -2.09. The van der Waals surface area contributed by atoms with Crippen molar-refractivity contribution in [3.8, 4) is 0 Å². The maximum Gasteiger partial charge on any atom is 0.341 e. The van der Waals surface area contributed by atoms with E-state index in [4.69, 9.17) is 0 Å². The number of aromatic nitrogens is 1. The molecular formula is C15H13F2N3O4S2. The average molecular weight is 401 g/mol. The number of aryl methyl sites for hydroxylation is 1. The number of thiazole rings is 1. The van der Waals surface area contributed by atoms with Crippen LogP contribution in [0.1, 0.15) is 32.1 Å². The van der Waals surface area contributed by atoms with E-state index in [0.29, 0.717) is 30.0 Å². The summed E-state index contributed by atoms with van der Waals surface area (Å²) in [5.41, 5.74) is 0.122. The van der Waals surface area contributed by atoms with Crippen LogP contribution < -0.4 is 10.6 Å². The molecule has 0 unspecified atom stereocenters. The number of anilines is 1. The summed E-state index contributed by atoms with van der Waals surface area (Å²) in [6.07, 6.45) is 1.25. The van der Waals surface area contributed by atoms with Gasteiger partial charge in [-0.1, -0.05) is 23.5 Å². The van der Waals surface area contributed by atoms with Crippen molar-refractivity contribution >= 4 is 38.1 Å². The summed E-state index contributed by atoms with van der Waals surface area (Å²) in [4.78, 5) is 28.1. The van der Waals surface area contributed by atoms with Crippen LogP contribution in [0.25, 0.3) is 0 Å². The second kappa shape index (κ2) is 7.08. The molecule has 138 valence electrons. The van der Waals surface area contributed by atoms with Gasteiger partial charge in [-0.3, -0.25) is 14.9 Å². The quantitative estimate of drug-likeness (QED) is 0.816. The van der Waals surface area contributed by atoms with Gasteiger partial charge in [-0.2, -0.15) is 8.78 Å². The molecule has 0 saturated carbocycles. The van der Waals surface area contributed by atoms with Crippen molar-refractivity contribution in [3.63, 3.8) is 0 Å². The number of carbonyl (C=O) groups excluding carboxylic acids is 2. The first-order valence-electron chi connectivity index (χ1n) is 7.51. The molecule has 2 aromatic rings. The molecule has 1 aliphatic rings. The van der Waals surface area contributed by atoms with Crippen LogP contribution in [0.2, 0.25) is 0 Å². The topological polar surface area (TPSA) is 105 Å². The molecule has 26 heavy (non-hydrogen) atoms. The van der Waals surface area contributed by atoms with Crippen molar-refractivity contribution in [2.24, 2.45) is 0 Å². The van der Waals surface area contributed by atoms with Crippen molar-refractivity contribution in [1.29, 1.82) is 0 Å². The molecule has 1 aromatic carbocycles. The van der Waals surface area contributed by atoms with Crippen LogP contribution >= 0.6 is 11.3 Å². The van der Waals surface area contributed by atoms with E-state index >= 15 is 0 Å². The van der Waals surface area contributed by atoms with Crippen LogP contribution in [-0.2, 0) is 16.3 Å². The molecular weight excluding hydrogens is 388 g/mol. The highest BCUT2D eigenvalue weighted by atomic mass is 32.2. The number of carbonyl (C=O) groups is 2. The number of nitrogens with one attached hydrogen (secondary N) is 2. The van der Waals surface area contributed by atoms with Crippen LogP contribution in [0.3, 0.4) is 0 Å². The Hall–Kier alpha value is -2.40. The predicted molar refractivity (Wildman–Crippen MR) is 90.4 cm³/mol. The molecule has 0 atom stereocenters. The lowest BCUT2D eigenvalue weighted by atomic mass is 10.2. The van der Waals surface area contributed by atoms with Gasteiger partial charge in [-0.15, -0.1) is 0 Å². The summed E-state index contributed by atoms with van der Waals surface area (Å²) in [5, 5.41) is 5.18. The van der Waals surface area contributed by atoms with Gasteiger partial charge in [0.2, 0.25) is 9.84 Å². The van der Waals surface area contributed by atoms with Crippen LogP contribution in [0.4, 0.5) is 13.9 Å². The molecule has 0 radical (unpaired) electrons. The smallest absolute Gasteiger partial charge is 0.341 e. The van der Waals surface area contributed by atoms with Crippen LogP contribution in [0, 0.1) is 0 Å². The van der Waals surface area contributed by atoms with Crippen molar-refractivity contribution in [1.82, 2.24) is 10.3 Å². The fraction of sp³-hybridized carbons (Fsp3) is 0.267. The lowest BCUT2D eigenvalue weighted by molar-refractivity contribution is 0.0958. The van der Waals surface area contributed by atoms with Crippen molar-refractivity contribution in [2.75, 3.05) is 11.9 Å². The van der Waals surface area contributed by atoms with Gasteiger partial charge in [-0.05, 0) is 25.0 Å². The van der Waals surface area contributed by atoms with Crippen molar-refractivity contribution in [3.05, 3.63) is 40.4 Å². The first-order chi connectivity index (χ1) is 12.3. The molecule has 0 fully saturated rings. The first-order valence-corrected chi connectivity index (χ1v) is 9.87. The molecule has 2 amide bonds. The third-order valence-corrected chi connectivity index (χ3v) is 6.12. The number of nitrogens with zero attached hydrogens (tertiary/aromatic N) is 1. The standard InChI is InChI=1S/C15H13F2N3O4S2/c16-14(17)26(23,24)10-6-2-1-4-8(10)12(21)20-15-19-9-5-3-7-18-13(22)11(9)25-15/h1-2,4,6,14H,3,5,7H2,(H,18,22)(H,19,20,21). The molecule has 2 heterocycles. The number of hydrogen-bond acceptors (Lipinski definition) is 6. The fourth-order valence-corrected chi connectivity index (χ4v) is 4.30. The summed E-state index contributed by atoms with van der Waals surface area (Å²) in [5.74, 6) is -4.83. The third kappa shape index (κ3) is 3.44. The molecule has 0 spiro atoms. The Morgan fingerprint density at radius 3 is 2.77 bits per heavy atom. The van der Waals surface area contributed by atoms with Gasteiger partial charge < -0.3 is 5.32 Å². The molecule has 2 N–H and O–H groups in total. The lowest BCUT2D eigenvalue weighted by Crippen LogP contribution is -2.21. The van der Waals surface area contributed by atoms with E-state index in [1.165, 1.54) is 12.1 Å². The predicted octanol–water partition coefficient (Wildman–Crippen LogP) is 2.07. The van der Waals surface area contributed by atoms with Gasteiger partial charge in [0.15, 0.2) is 5.13 Å². The van der Waals surface area contributed by atoms with E-state index in [2.05, 4.69) is 15.6 Å². The highest BCUT2D eigenvalue weighted by molar-refractivity contribution is 7.91. The van der Waals surface area contributed by atoms with E-state index in [-0.39, 0.29) is 11.0 Å². The normalized spacial score (nSPS) is 14.5. The maximum atomic E-state index is 12.8. The number of sulfone groups is 1. The Morgan fingerprint density at radius 2 is 2.04 bits per heavy atom. The Morgan fingerprint density at radius 1 is 1.31 bits per heavy atom. The molecule has 7 nitrogen and oxygen atoms in total. The van der Waals surface area contributed by atoms with E-state index in [1.807, 2.05) is 0 Å². The minimum atomic E-state index is -4.94. The van der Waals surface area contributed by atoms with E-state index in [9.17, 15) is 26.8 Å². The molecule has 11 heteroatoms. The van der Waals surface area contributed by atoms with E-state index in [1.54, 1.807) is 0 Å². The Kier molecular flexibility index (Phi) is 5.01. The van der Waals surface area contributed by atoms with Gasteiger partial charge in [0.1, 0.15) is 4.88 Å². The largest absolute Gasteiger partial charge is 0.351 e. The monoisotopic (exact) mass is 401 g/mol. The average Bonchev–Trinajstić information content (AvgIpc) is 2.93. The van der Waals surface area contributed by atoms with Crippen LogP contribution in [0.5, 0.6) is 0 Å². The van der Waals surface area contributed by atoms with Crippen molar-refractivity contribution < 1.29 is 26.8 Å². The molecule has 0 bridgehead atoms. The Balaban J connectivity index is 1.91. The minimum absolute atomic E-state index is 0.0984.